The predicted molar refractivity (Wildman–Crippen MR) is 92.8 cm³/mol. The van der Waals surface area contributed by atoms with Crippen molar-refractivity contribution in [2.75, 3.05) is 18.2 Å². The summed E-state index contributed by atoms with van der Waals surface area (Å²) in [6, 6.07) is 7.55. The van der Waals surface area contributed by atoms with Crippen LogP contribution in [0.1, 0.15) is 20.1 Å². The second-order valence-electron chi connectivity index (χ2n) is 4.66. The molecule has 1 aliphatic rings. The summed E-state index contributed by atoms with van der Waals surface area (Å²) >= 11 is 6.98. The molecule has 0 spiro atoms. The Morgan fingerprint density at radius 3 is 3.00 bits per heavy atom. The normalized spacial score (nSPS) is 13.6. The van der Waals surface area contributed by atoms with Gasteiger partial charge in [0.05, 0.1) is 17.7 Å². The second-order valence-corrected chi connectivity index (χ2v) is 7.76. The second kappa shape index (κ2) is 6.42. The van der Waals surface area contributed by atoms with Crippen LogP contribution in [0.3, 0.4) is 0 Å². The molecule has 0 aliphatic carbocycles. The molecule has 6 heteroatoms. The zero-order chi connectivity index (χ0) is 14.8. The number of benzene rings is 1. The quantitative estimate of drug-likeness (QED) is 0.843. The molecule has 2 aromatic rings. The molecule has 1 aromatic carbocycles. The number of carbonyl (C=O) groups excluding carboxylic acids is 1. The molecule has 0 bridgehead atoms. The van der Waals surface area contributed by atoms with Crippen LogP contribution in [-0.4, -0.2) is 18.8 Å². The van der Waals surface area contributed by atoms with Gasteiger partial charge in [-0.05, 0) is 51.9 Å². The maximum absolute atomic E-state index is 12.4. The Bertz CT molecular complexity index is 661. The number of nitrogens with one attached hydrogen (secondary N) is 1. The minimum absolute atomic E-state index is 0.0617. The molecule has 0 saturated carbocycles. The van der Waals surface area contributed by atoms with E-state index in [-0.39, 0.29) is 5.91 Å². The van der Waals surface area contributed by atoms with E-state index in [0.29, 0.717) is 0 Å². The van der Waals surface area contributed by atoms with Gasteiger partial charge in [0, 0.05) is 21.2 Å². The first kappa shape index (κ1) is 14.9. The lowest BCUT2D eigenvalue weighted by Crippen LogP contribution is -2.10. The number of fused-ring (bicyclic) bond motifs is 1. The highest BCUT2D eigenvalue weighted by Crippen LogP contribution is 2.33. The van der Waals surface area contributed by atoms with E-state index in [1.165, 1.54) is 10.4 Å². The summed E-state index contributed by atoms with van der Waals surface area (Å²) in [5, 5.41) is 2.95. The molecule has 1 N–H and O–H groups in total. The number of carbonyl (C=O) groups is 1. The zero-order valence-electron chi connectivity index (χ0n) is 11.4. The van der Waals surface area contributed by atoms with Gasteiger partial charge in [0.1, 0.15) is 5.75 Å². The monoisotopic (exact) mass is 383 g/mol. The van der Waals surface area contributed by atoms with Crippen LogP contribution in [0.2, 0.25) is 0 Å². The van der Waals surface area contributed by atoms with Gasteiger partial charge in [-0.15, -0.1) is 11.3 Å². The van der Waals surface area contributed by atoms with E-state index in [4.69, 9.17) is 4.74 Å². The third kappa shape index (κ3) is 3.27. The highest BCUT2D eigenvalue weighted by Gasteiger charge is 2.18. The molecule has 3 rings (SSSR count). The van der Waals surface area contributed by atoms with Crippen molar-refractivity contribution in [1.29, 1.82) is 0 Å². The van der Waals surface area contributed by atoms with Crippen LogP contribution in [0.4, 0.5) is 5.69 Å². The number of rotatable bonds is 3. The highest BCUT2D eigenvalue weighted by molar-refractivity contribution is 9.10. The van der Waals surface area contributed by atoms with Gasteiger partial charge in [-0.25, -0.2) is 0 Å². The molecule has 1 amide bonds. The molecule has 110 valence electrons. The molecular weight excluding hydrogens is 370 g/mol. The summed E-state index contributed by atoms with van der Waals surface area (Å²) in [6.07, 6.45) is 1.07. The van der Waals surface area contributed by atoms with Crippen LogP contribution in [0.15, 0.2) is 28.7 Å². The average molecular weight is 384 g/mol. The molecule has 1 aromatic heterocycles. The smallest absolute Gasteiger partial charge is 0.265 e. The minimum Gasteiger partial charge on any atom is -0.497 e. The van der Waals surface area contributed by atoms with E-state index in [9.17, 15) is 4.79 Å². The van der Waals surface area contributed by atoms with Crippen LogP contribution in [-0.2, 0) is 12.2 Å². The number of hydrogen-bond acceptors (Lipinski definition) is 4. The molecule has 0 atom stereocenters. The van der Waals surface area contributed by atoms with Crippen LogP contribution in [0, 0.1) is 0 Å². The number of methoxy groups -OCH3 is 1. The maximum atomic E-state index is 12.4. The molecule has 2 heterocycles. The van der Waals surface area contributed by atoms with E-state index < -0.39 is 0 Å². The summed E-state index contributed by atoms with van der Waals surface area (Å²) < 4.78 is 6.03. The third-order valence-electron chi connectivity index (χ3n) is 3.27. The number of hydrogen-bond donors (Lipinski definition) is 1. The van der Waals surface area contributed by atoms with Crippen molar-refractivity contribution in [3.63, 3.8) is 0 Å². The zero-order valence-corrected chi connectivity index (χ0v) is 14.7. The van der Waals surface area contributed by atoms with Crippen LogP contribution < -0.4 is 10.1 Å². The molecular formula is C15H14BrNO2S2. The number of halogens is 1. The van der Waals surface area contributed by atoms with Gasteiger partial charge < -0.3 is 10.1 Å². The van der Waals surface area contributed by atoms with Gasteiger partial charge >= 0.3 is 0 Å². The van der Waals surface area contributed by atoms with Crippen molar-refractivity contribution >= 4 is 50.6 Å². The number of thiophene rings is 1. The number of anilines is 1. The largest absolute Gasteiger partial charge is 0.497 e. The van der Waals surface area contributed by atoms with Gasteiger partial charge in [0.2, 0.25) is 0 Å². The van der Waals surface area contributed by atoms with Crippen molar-refractivity contribution in [3.8, 4) is 5.75 Å². The first-order valence-corrected chi connectivity index (χ1v) is 9.28. The van der Waals surface area contributed by atoms with Crippen molar-refractivity contribution in [3.05, 3.63) is 44.1 Å². The van der Waals surface area contributed by atoms with Gasteiger partial charge in [0.15, 0.2) is 0 Å². The van der Waals surface area contributed by atoms with Crippen LogP contribution in [0.25, 0.3) is 0 Å². The van der Waals surface area contributed by atoms with E-state index in [2.05, 4.69) is 21.2 Å². The lowest BCUT2D eigenvalue weighted by molar-refractivity contribution is 0.103. The standard InChI is InChI=1S/C15H14BrNO2S2/c1-19-10-2-3-11(16)12(7-10)17-15(18)14-6-9-8-20-5-4-13(9)21-14/h2-3,6-7H,4-5,8H2,1H3,(H,17,18). The molecule has 0 unspecified atom stereocenters. The fourth-order valence-corrected chi connectivity index (χ4v) is 4.78. The Morgan fingerprint density at radius 1 is 1.38 bits per heavy atom. The van der Waals surface area contributed by atoms with Crippen LogP contribution >= 0.6 is 39.0 Å². The third-order valence-corrected chi connectivity index (χ3v) is 6.21. The van der Waals surface area contributed by atoms with Crippen molar-refractivity contribution in [1.82, 2.24) is 0 Å². The fourth-order valence-electron chi connectivity index (χ4n) is 2.17. The number of thioether (sulfide) groups is 1. The highest BCUT2D eigenvalue weighted by atomic mass is 79.9. The lowest BCUT2D eigenvalue weighted by atomic mass is 10.2. The van der Waals surface area contributed by atoms with E-state index in [1.807, 2.05) is 36.0 Å². The Labute approximate surface area is 140 Å². The number of aryl methyl sites for hydroxylation is 1. The molecule has 3 nitrogen and oxygen atoms in total. The topological polar surface area (TPSA) is 38.3 Å². The van der Waals surface area contributed by atoms with Gasteiger partial charge in [-0.1, -0.05) is 0 Å². The van der Waals surface area contributed by atoms with E-state index in [0.717, 1.165) is 38.7 Å². The lowest BCUT2D eigenvalue weighted by Gasteiger charge is -2.08. The number of amides is 1. The van der Waals surface area contributed by atoms with Crippen molar-refractivity contribution in [2.45, 2.75) is 12.2 Å². The first-order chi connectivity index (χ1) is 10.2. The summed E-state index contributed by atoms with van der Waals surface area (Å²) in [6.45, 7) is 0. The van der Waals surface area contributed by atoms with Gasteiger partial charge in [-0.3, -0.25) is 4.79 Å². The van der Waals surface area contributed by atoms with E-state index in [1.54, 1.807) is 18.4 Å². The van der Waals surface area contributed by atoms with Gasteiger partial charge in [0.25, 0.3) is 5.91 Å². The van der Waals surface area contributed by atoms with E-state index >= 15 is 0 Å². The molecule has 1 aliphatic heterocycles. The van der Waals surface area contributed by atoms with Crippen molar-refractivity contribution in [2.24, 2.45) is 0 Å². The molecule has 21 heavy (non-hydrogen) atoms. The minimum atomic E-state index is -0.0617. The summed E-state index contributed by atoms with van der Waals surface area (Å²) in [7, 11) is 1.61. The summed E-state index contributed by atoms with van der Waals surface area (Å²) in [5.41, 5.74) is 2.03. The molecule has 0 radical (unpaired) electrons. The van der Waals surface area contributed by atoms with Crippen LogP contribution in [0.5, 0.6) is 5.75 Å². The first-order valence-electron chi connectivity index (χ1n) is 6.51. The SMILES string of the molecule is COc1ccc(Br)c(NC(=O)c2cc3c(s2)CCSC3)c1. The fraction of sp³-hybridized carbons (Fsp3) is 0.267. The Morgan fingerprint density at radius 2 is 2.24 bits per heavy atom. The average Bonchev–Trinajstić information content (AvgIpc) is 2.93. The summed E-state index contributed by atoms with van der Waals surface area (Å²) in [4.78, 5) is 14.5. The summed E-state index contributed by atoms with van der Waals surface area (Å²) in [5.74, 6) is 2.82. The Hall–Kier alpha value is -0.980. The Kier molecular flexibility index (Phi) is 4.57. The molecule has 0 saturated heterocycles. The van der Waals surface area contributed by atoms with Crippen molar-refractivity contribution < 1.29 is 9.53 Å². The molecule has 0 fully saturated rings. The predicted octanol–water partition coefficient (Wildman–Crippen LogP) is 4.56. The number of ether oxygens (including phenoxy) is 1. The van der Waals surface area contributed by atoms with Gasteiger partial charge in [-0.2, -0.15) is 11.8 Å². The Balaban J connectivity index is 1.81. The maximum Gasteiger partial charge on any atom is 0.265 e.